The summed E-state index contributed by atoms with van der Waals surface area (Å²) >= 11 is 0. The van der Waals surface area contributed by atoms with Gasteiger partial charge >= 0.3 is 0 Å². The SMILES string of the molecule is CC(C)n1ccc(CC(=O)c2ccnn2C)n1. The smallest absolute Gasteiger partial charge is 0.186 e. The van der Waals surface area contributed by atoms with E-state index in [1.165, 1.54) is 0 Å². The third-order valence-electron chi connectivity index (χ3n) is 2.64. The average molecular weight is 232 g/mol. The van der Waals surface area contributed by atoms with Gasteiger partial charge in [0, 0.05) is 25.5 Å². The van der Waals surface area contributed by atoms with Crippen LogP contribution in [0.3, 0.4) is 0 Å². The number of carbonyl (C=O) groups is 1. The lowest BCUT2D eigenvalue weighted by atomic mass is 10.2. The van der Waals surface area contributed by atoms with Crippen LogP contribution in [0.25, 0.3) is 0 Å². The van der Waals surface area contributed by atoms with Crippen molar-refractivity contribution in [3.8, 4) is 0 Å². The van der Waals surface area contributed by atoms with Gasteiger partial charge in [-0.05, 0) is 26.0 Å². The molecule has 0 atom stereocenters. The molecule has 90 valence electrons. The molecule has 0 fully saturated rings. The van der Waals surface area contributed by atoms with Gasteiger partial charge in [-0.25, -0.2) is 0 Å². The van der Waals surface area contributed by atoms with Crippen molar-refractivity contribution < 1.29 is 4.79 Å². The molecule has 0 aromatic carbocycles. The molecule has 0 saturated carbocycles. The molecule has 2 aromatic rings. The molecule has 2 heterocycles. The molecule has 0 aliphatic heterocycles. The van der Waals surface area contributed by atoms with Crippen molar-refractivity contribution in [3.63, 3.8) is 0 Å². The van der Waals surface area contributed by atoms with E-state index in [9.17, 15) is 4.79 Å². The van der Waals surface area contributed by atoms with Crippen LogP contribution < -0.4 is 0 Å². The van der Waals surface area contributed by atoms with E-state index in [1.807, 2.05) is 16.9 Å². The minimum Gasteiger partial charge on any atom is -0.292 e. The summed E-state index contributed by atoms with van der Waals surface area (Å²) in [7, 11) is 1.76. The maximum atomic E-state index is 12.0. The fraction of sp³-hybridized carbons (Fsp3) is 0.417. The average Bonchev–Trinajstić information content (AvgIpc) is 2.86. The molecule has 0 amide bonds. The Morgan fingerprint density at radius 3 is 2.71 bits per heavy atom. The van der Waals surface area contributed by atoms with Gasteiger partial charge in [-0.15, -0.1) is 0 Å². The van der Waals surface area contributed by atoms with Crippen molar-refractivity contribution in [1.82, 2.24) is 19.6 Å². The molecule has 0 unspecified atom stereocenters. The van der Waals surface area contributed by atoms with E-state index in [1.54, 1.807) is 24.0 Å². The molecule has 0 aliphatic carbocycles. The van der Waals surface area contributed by atoms with Crippen molar-refractivity contribution in [2.75, 3.05) is 0 Å². The quantitative estimate of drug-likeness (QED) is 0.753. The number of carbonyl (C=O) groups excluding carboxylic acids is 1. The Balaban J connectivity index is 2.11. The van der Waals surface area contributed by atoms with E-state index in [0.717, 1.165) is 5.69 Å². The van der Waals surface area contributed by atoms with Gasteiger partial charge in [0.1, 0.15) is 5.69 Å². The van der Waals surface area contributed by atoms with Crippen molar-refractivity contribution in [2.45, 2.75) is 26.3 Å². The third-order valence-corrected chi connectivity index (χ3v) is 2.64. The summed E-state index contributed by atoms with van der Waals surface area (Å²) < 4.78 is 3.44. The van der Waals surface area contributed by atoms with Crippen LogP contribution in [-0.2, 0) is 13.5 Å². The van der Waals surface area contributed by atoms with Crippen LogP contribution in [-0.4, -0.2) is 25.3 Å². The van der Waals surface area contributed by atoms with Gasteiger partial charge in [-0.1, -0.05) is 0 Å². The number of Topliss-reactive ketones (excluding diaryl/α,β-unsaturated/α-hetero) is 1. The van der Waals surface area contributed by atoms with E-state index >= 15 is 0 Å². The highest BCUT2D eigenvalue weighted by molar-refractivity contribution is 5.95. The largest absolute Gasteiger partial charge is 0.292 e. The van der Waals surface area contributed by atoms with E-state index < -0.39 is 0 Å². The Morgan fingerprint density at radius 2 is 2.18 bits per heavy atom. The Morgan fingerprint density at radius 1 is 1.41 bits per heavy atom. The second-order valence-electron chi connectivity index (χ2n) is 4.32. The lowest BCUT2D eigenvalue weighted by Crippen LogP contribution is -2.10. The van der Waals surface area contributed by atoms with Gasteiger partial charge in [0.2, 0.25) is 0 Å². The number of rotatable bonds is 4. The number of ketones is 1. The number of hydrogen-bond acceptors (Lipinski definition) is 3. The molecule has 0 bridgehead atoms. The fourth-order valence-corrected chi connectivity index (χ4v) is 1.66. The predicted molar refractivity (Wildman–Crippen MR) is 63.9 cm³/mol. The first kappa shape index (κ1) is 11.6. The molecular formula is C12H16N4O. The van der Waals surface area contributed by atoms with E-state index in [-0.39, 0.29) is 5.78 Å². The zero-order valence-electron chi connectivity index (χ0n) is 10.3. The second-order valence-corrected chi connectivity index (χ2v) is 4.32. The number of hydrogen-bond donors (Lipinski definition) is 0. The standard InChI is InChI=1S/C12H16N4O/c1-9(2)16-7-5-10(14-16)8-12(17)11-4-6-13-15(11)3/h4-7,9H,8H2,1-3H3. The molecule has 5 heteroatoms. The molecule has 17 heavy (non-hydrogen) atoms. The van der Waals surface area contributed by atoms with Gasteiger partial charge in [0.15, 0.2) is 5.78 Å². The van der Waals surface area contributed by atoms with Crippen molar-refractivity contribution in [3.05, 3.63) is 35.9 Å². The van der Waals surface area contributed by atoms with Crippen molar-refractivity contribution in [2.24, 2.45) is 7.05 Å². The van der Waals surface area contributed by atoms with E-state index in [4.69, 9.17) is 0 Å². The summed E-state index contributed by atoms with van der Waals surface area (Å²) in [5.41, 5.74) is 1.41. The minimum atomic E-state index is 0.0407. The van der Waals surface area contributed by atoms with Crippen molar-refractivity contribution in [1.29, 1.82) is 0 Å². The summed E-state index contributed by atoms with van der Waals surface area (Å²) in [4.78, 5) is 12.0. The monoisotopic (exact) mass is 232 g/mol. The Bertz CT molecular complexity index is 524. The lowest BCUT2D eigenvalue weighted by molar-refractivity contribution is 0.0982. The molecule has 0 aliphatic rings. The predicted octanol–water partition coefficient (Wildman–Crippen LogP) is 1.62. The molecule has 0 N–H and O–H groups in total. The third kappa shape index (κ3) is 2.43. The molecule has 2 aromatic heterocycles. The molecular weight excluding hydrogens is 216 g/mol. The Hall–Kier alpha value is -1.91. The van der Waals surface area contributed by atoms with Gasteiger partial charge < -0.3 is 0 Å². The highest BCUT2D eigenvalue weighted by Crippen LogP contribution is 2.08. The van der Waals surface area contributed by atoms with Crippen LogP contribution in [0, 0.1) is 0 Å². The van der Waals surface area contributed by atoms with Crippen LogP contribution in [0.5, 0.6) is 0 Å². The number of aryl methyl sites for hydroxylation is 1. The van der Waals surface area contributed by atoms with Gasteiger partial charge in [-0.3, -0.25) is 14.2 Å². The first-order valence-electron chi connectivity index (χ1n) is 5.63. The maximum Gasteiger partial charge on any atom is 0.186 e. The topological polar surface area (TPSA) is 52.7 Å². The lowest BCUT2D eigenvalue weighted by Gasteiger charge is -2.03. The zero-order valence-corrected chi connectivity index (χ0v) is 10.3. The van der Waals surface area contributed by atoms with Crippen molar-refractivity contribution >= 4 is 5.78 Å². The summed E-state index contributed by atoms with van der Waals surface area (Å²) in [5, 5.41) is 8.34. The normalized spacial score (nSPS) is 11.1. The summed E-state index contributed by atoms with van der Waals surface area (Å²) in [6.45, 7) is 4.11. The van der Waals surface area contributed by atoms with Crippen LogP contribution >= 0.6 is 0 Å². The first-order valence-corrected chi connectivity index (χ1v) is 5.63. The summed E-state index contributed by atoms with van der Waals surface area (Å²) in [5.74, 6) is 0.0407. The Kier molecular flexibility index (Phi) is 3.08. The maximum absolute atomic E-state index is 12.0. The molecule has 0 radical (unpaired) electrons. The summed E-state index contributed by atoms with van der Waals surface area (Å²) in [6, 6.07) is 3.92. The van der Waals surface area contributed by atoms with Crippen LogP contribution in [0.2, 0.25) is 0 Å². The summed E-state index contributed by atoms with van der Waals surface area (Å²) in [6.07, 6.45) is 3.84. The second kappa shape index (κ2) is 4.53. The fourth-order valence-electron chi connectivity index (χ4n) is 1.66. The molecule has 5 nitrogen and oxygen atoms in total. The van der Waals surface area contributed by atoms with Gasteiger partial charge in [0.05, 0.1) is 12.1 Å². The van der Waals surface area contributed by atoms with Crippen LogP contribution in [0.1, 0.15) is 36.1 Å². The minimum absolute atomic E-state index is 0.0407. The van der Waals surface area contributed by atoms with Crippen LogP contribution in [0.15, 0.2) is 24.5 Å². The number of aromatic nitrogens is 4. The van der Waals surface area contributed by atoms with Crippen LogP contribution in [0.4, 0.5) is 0 Å². The van der Waals surface area contributed by atoms with Gasteiger partial charge in [0.25, 0.3) is 0 Å². The van der Waals surface area contributed by atoms with Gasteiger partial charge in [-0.2, -0.15) is 10.2 Å². The number of nitrogens with zero attached hydrogens (tertiary/aromatic N) is 4. The highest BCUT2D eigenvalue weighted by atomic mass is 16.1. The highest BCUT2D eigenvalue weighted by Gasteiger charge is 2.12. The Labute approximate surface area is 100 Å². The first-order chi connectivity index (χ1) is 8.08. The zero-order chi connectivity index (χ0) is 12.4. The molecule has 0 spiro atoms. The molecule has 0 saturated heterocycles. The molecule has 2 rings (SSSR count). The van der Waals surface area contributed by atoms with E-state index in [0.29, 0.717) is 18.2 Å². The van der Waals surface area contributed by atoms with E-state index in [2.05, 4.69) is 24.0 Å².